The van der Waals surface area contributed by atoms with Gasteiger partial charge in [-0.3, -0.25) is 14.8 Å². The Morgan fingerprint density at radius 2 is 2.12 bits per heavy atom. The van der Waals surface area contributed by atoms with Crippen molar-refractivity contribution < 1.29 is 13.9 Å². The number of piperidine rings is 1. The third-order valence-electron chi connectivity index (χ3n) is 4.28. The van der Waals surface area contributed by atoms with Crippen molar-refractivity contribution in [1.29, 1.82) is 0 Å². The Labute approximate surface area is 140 Å². The van der Waals surface area contributed by atoms with Crippen molar-refractivity contribution in [3.8, 4) is 11.3 Å². The highest BCUT2D eigenvalue weighted by Gasteiger charge is 2.28. The fourth-order valence-electron chi connectivity index (χ4n) is 3.15. The summed E-state index contributed by atoms with van der Waals surface area (Å²) < 4.78 is 19.1. The summed E-state index contributed by atoms with van der Waals surface area (Å²) in [6.07, 6.45) is 4.97. The van der Waals surface area contributed by atoms with Crippen molar-refractivity contribution in [2.75, 3.05) is 26.8 Å². The Hall–Kier alpha value is -2.34. The summed E-state index contributed by atoms with van der Waals surface area (Å²) in [5, 5.41) is 0. The number of nitrogens with zero attached hydrogens (tertiary/aromatic N) is 3. The Morgan fingerprint density at radius 1 is 1.33 bits per heavy atom. The maximum atomic E-state index is 14.2. The van der Waals surface area contributed by atoms with Crippen LogP contribution in [0.4, 0.5) is 4.39 Å². The first-order valence-corrected chi connectivity index (χ1v) is 8.03. The molecule has 1 atom stereocenters. The third kappa shape index (κ3) is 3.43. The Balaban J connectivity index is 1.90. The van der Waals surface area contributed by atoms with E-state index in [0.717, 1.165) is 18.5 Å². The number of carbonyl (C=O) groups is 1. The highest BCUT2D eigenvalue weighted by Crippen LogP contribution is 2.32. The van der Waals surface area contributed by atoms with E-state index in [1.807, 2.05) is 0 Å². The Bertz CT molecular complexity index is 723. The minimum absolute atomic E-state index is 0.0291. The lowest BCUT2D eigenvalue weighted by molar-refractivity contribution is -0.136. The molecule has 126 valence electrons. The zero-order valence-electron chi connectivity index (χ0n) is 13.6. The van der Waals surface area contributed by atoms with Crippen LogP contribution in [0.1, 0.15) is 24.5 Å². The van der Waals surface area contributed by atoms with Crippen molar-refractivity contribution in [2.45, 2.75) is 18.8 Å². The molecule has 0 aliphatic carbocycles. The molecule has 1 fully saturated rings. The first-order chi connectivity index (χ1) is 11.7. The quantitative estimate of drug-likeness (QED) is 0.865. The predicted molar refractivity (Wildman–Crippen MR) is 87.9 cm³/mol. The zero-order chi connectivity index (χ0) is 16.9. The fraction of sp³-hybridized carbons (Fsp3) is 0.389. The van der Waals surface area contributed by atoms with E-state index in [-0.39, 0.29) is 24.2 Å². The summed E-state index contributed by atoms with van der Waals surface area (Å²) in [6.45, 7) is 1.35. The summed E-state index contributed by atoms with van der Waals surface area (Å²) in [5.74, 6) is -0.302. The Kier molecular flexibility index (Phi) is 5.15. The van der Waals surface area contributed by atoms with Gasteiger partial charge in [-0.1, -0.05) is 12.1 Å². The second-order valence-corrected chi connectivity index (χ2v) is 5.88. The number of halogens is 1. The highest BCUT2D eigenvalue weighted by molar-refractivity contribution is 5.77. The lowest BCUT2D eigenvalue weighted by Crippen LogP contribution is -2.41. The molecule has 1 aliphatic heterocycles. The molecular formula is C18H20FN3O2. The van der Waals surface area contributed by atoms with E-state index in [4.69, 9.17) is 4.74 Å². The van der Waals surface area contributed by atoms with E-state index in [0.29, 0.717) is 24.3 Å². The molecule has 5 nitrogen and oxygen atoms in total. The van der Waals surface area contributed by atoms with Gasteiger partial charge in [0.15, 0.2) is 0 Å². The molecule has 2 heterocycles. The molecule has 0 N–H and O–H groups in total. The molecule has 2 aromatic rings. The molecule has 3 rings (SSSR count). The molecule has 0 spiro atoms. The van der Waals surface area contributed by atoms with Crippen molar-refractivity contribution in [3.63, 3.8) is 0 Å². The summed E-state index contributed by atoms with van der Waals surface area (Å²) in [6, 6.07) is 6.56. The summed E-state index contributed by atoms with van der Waals surface area (Å²) in [7, 11) is 1.51. The normalized spacial score (nSPS) is 17.8. The van der Waals surface area contributed by atoms with E-state index < -0.39 is 0 Å². The zero-order valence-corrected chi connectivity index (χ0v) is 13.6. The molecule has 1 aliphatic rings. The second-order valence-electron chi connectivity index (χ2n) is 5.88. The summed E-state index contributed by atoms with van der Waals surface area (Å²) in [4.78, 5) is 22.7. The van der Waals surface area contributed by atoms with Crippen LogP contribution in [0, 0.1) is 5.82 Å². The summed E-state index contributed by atoms with van der Waals surface area (Å²) in [5.41, 5.74) is 1.75. The summed E-state index contributed by atoms with van der Waals surface area (Å²) >= 11 is 0. The van der Waals surface area contributed by atoms with Gasteiger partial charge in [0.25, 0.3) is 0 Å². The van der Waals surface area contributed by atoms with Gasteiger partial charge in [-0.15, -0.1) is 0 Å². The van der Waals surface area contributed by atoms with Gasteiger partial charge in [-0.2, -0.15) is 0 Å². The lowest BCUT2D eigenvalue weighted by atomic mass is 9.91. The molecule has 24 heavy (non-hydrogen) atoms. The number of aromatic nitrogens is 2. The minimum Gasteiger partial charge on any atom is -0.375 e. The van der Waals surface area contributed by atoms with Crippen LogP contribution in [0.25, 0.3) is 11.3 Å². The van der Waals surface area contributed by atoms with E-state index in [1.165, 1.54) is 13.2 Å². The van der Waals surface area contributed by atoms with Gasteiger partial charge in [0.2, 0.25) is 5.91 Å². The molecule has 1 saturated heterocycles. The number of methoxy groups -OCH3 is 1. The molecular weight excluding hydrogens is 309 g/mol. The smallest absolute Gasteiger partial charge is 0.248 e. The molecule has 1 aromatic carbocycles. The van der Waals surface area contributed by atoms with E-state index in [1.54, 1.807) is 35.5 Å². The van der Waals surface area contributed by atoms with E-state index in [9.17, 15) is 9.18 Å². The van der Waals surface area contributed by atoms with Gasteiger partial charge in [-0.05, 0) is 25.0 Å². The van der Waals surface area contributed by atoms with Crippen molar-refractivity contribution >= 4 is 5.91 Å². The first kappa shape index (κ1) is 16.5. The number of amides is 1. The maximum absolute atomic E-state index is 14.2. The molecule has 0 saturated carbocycles. The van der Waals surface area contributed by atoms with Crippen LogP contribution in [-0.4, -0.2) is 47.6 Å². The van der Waals surface area contributed by atoms with Gasteiger partial charge in [0.05, 0.1) is 11.4 Å². The topological polar surface area (TPSA) is 55.3 Å². The predicted octanol–water partition coefficient (Wildman–Crippen LogP) is 2.64. The van der Waals surface area contributed by atoms with E-state index in [2.05, 4.69) is 9.97 Å². The molecule has 1 amide bonds. The standard InChI is InChI=1S/C18H20FN3O2/c1-24-12-16(23)22-10-4-5-13(11-22)17-18(21-9-8-20-17)14-6-2-3-7-15(14)19/h2-3,6-9,13H,4-5,10-12H2,1H3/t13-/m1/s1. The largest absolute Gasteiger partial charge is 0.375 e. The van der Waals surface area contributed by atoms with Gasteiger partial charge >= 0.3 is 0 Å². The van der Waals surface area contributed by atoms with E-state index >= 15 is 0 Å². The monoisotopic (exact) mass is 329 g/mol. The van der Waals surface area contributed by atoms with Crippen LogP contribution in [-0.2, 0) is 9.53 Å². The number of likely N-dealkylation sites (tertiary alicyclic amines) is 1. The molecule has 0 bridgehead atoms. The average molecular weight is 329 g/mol. The van der Waals surface area contributed by atoms with Gasteiger partial charge in [-0.25, -0.2) is 4.39 Å². The molecule has 0 unspecified atom stereocenters. The van der Waals surface area contributed by atoms with Crippen LogP contribution >= 0.6 is 0 Å². The Morgan fingerprint density at radius 3 is 2.92 bits per heavy atom. The fourth-order valence-corrected chi connectivity index (χ4v) is 3.15. The van der Waals surface area contributed by atoms with Crippen LogP contribution in [0.2, 0.25) is 0 Å². The number of carbonyl (C=O) groups excluding carboxylic acids is 1. The first-order valence-electron chi connectivity index (χ1n) is 8.03. The van der Waals surface area contributed by atoms with Gasteiger partial charge in [0, 0.05) is 44.1 Å². The molecule has 0 radical (unpaired) electrons. The van der Waals surface area contributed by atoms with Gasteiger partial charge < -0.3 is 9.64 Å². The molecule has 1 aromatic heterocycles. The highest BCUT2D eigenvalue weighted by atomic mass is 19.1. The SMILES string of the molecule is COCC(=O)N1CCC[C@@H](c2nccnc2-c2ccccc2F)C1. The van der Waals surface area contributed by atoms with Crippen molar-refractivity contribution in [1.82, 2.24) is 14.9 Å². The van der Waals surface area contributed by atoms with Crippen LogP contribution < -0.4 is 0 Å². The molecule has 6 heteroatoms. The van der Waals surface area contributed by atoms with Gasteiger partial charge in [0.1, 0.15) is 12.4 Å². The second kappa shape index (κ2) is 7.49. The van der Waals surface area contributed by atoms with Crippen LogP contribution in [0.3, 0.4) is 0 Å². The van der Waals surface area contributed by atoms with Crippen LogP contribution in [0.15, 0.2) is 36.7 Å². The maximum Gasteiger partial charge on any atom is 0.248 e. The number of ether oxygens (including phenoxy) is 1. The average Bonchev–Trinajstić information content (AvgIpc) is 2.62. The van der Waals surface area contributed by atoms with Crippen molar-refractivity contribution in [2.24, 2.45) is 0 Å². The third-order valence-corrected chi connectivity index (χ3v) is 4.28. The minimum atomic E-state index is -0.317. The van der Waals surface area contributed by atoms with Crippen LogP contribution in [0.5, 0.6) is 0 Å². The lowest BCUT2D eigenvalue weighted by Gasteiger charge is -2.33. The number of benzene rings is 1. The van der Waals surface area contributed by atoms with Crippen molar-refractivity contribution in [3.05, 3.63) is 48.2 Å². The number of hydrogen-bond acceptors (Lipinski definition) is 4. The number of rotatable bonds is 4. The number of hydrogen-bond donors (Lipinski definition) is 0.